The maximum absolute atomic E-state index is 4.50. The summed E-state index contributed by atoms with van der Waals surface area (Å²) in [6.07, 6.45) is 7.26. The first-order valence-corrected chi connectivity index (χ1v) is 7.46. The fourth-order valence-electron chi connectivity index (χ4n) is 2.49. The van der Waals surface area contributed by atoms with Crippen LogP contribution in [0.4, 0.5) is 0 Å². The standard InChI is InChI=1S/C15H29N3/c1-5-9-14(16-7-3)10-8-11-15-12-13(6-2)17-18(15)4/h12,14,16H,5-11H2,1-4H3. The highest BCUT2D eigenvalue weighted by Gasteiger charge is 2.08. The summed E-state index contributed by atoms with van der Waals surface area (Å²) in [6.45, 7) is 7.70. The first-order valence-electron chi connectivity index (χ1n) is 7.46. The molecular weight excluding hydrogens is 222 g/mol. The molecule has 3 nitrogen and oxygen atoms in total. The van der Waals surface area contributed by atoms with E-state index in [9.17, 15) is 0 Å². The molecule has 0 spiro atoms. The minimum Gasteiger partial charge on any atom is -0.314 e. The van der Waals surface area contributed by atoms with Crippen LogP contribution in [-0.2, 0) is 19.9 Å². The molecule has 1 aromatic rings. The zero-order valence-electron chi connectivity index (χ0n) is 12.5. The largest absolute Gasteiger partial charge is 0.314 e. The van der Waals surface area contributed by atoms with Crippen LogP contribution in [0.3, 0.4) is 0 Å². The van der Waals surface area contributed by atoms with Gasteiger partial charge >= 0.3 is 0 Å². The lowest BCUT2D eigenvalue weighted by atomic mass is 10.0. The maximum atomic E-state index is 4.50. The second-order valence-electron chi connectivity index (χ2n) is 5.04. The molecule has 104 valence electrons. The molecule has 0 saturated carbocycles. The molecule has 18 heavy (non-hydrogen) atoms. The fraction of sp³-hybridized carbons (Fsp3) is 0.800. The van der Waals surface area contributed by atoms with Gasteiger partial charge in [0.05, 0.1) is 5.69 Å². The van der Waals surface area contributed by atoms with Gasteiger partial charge in [0.1, 0.15) is 0 Å². The molecule has 0 radical (unpaired) electrons. The van der Waals surface area contributed by atoms with Crippen LogP contribution in [0.5, 0.6) is 0 Å². The van der Waals surface area contributed by atoms with Gasteiger partial charge in [0.2, 0.25) is 0 Å². The topological polar surface area (TPSA) is 29.9 Å². The van der Waals surface area contributed by atoms with Crippen LogP contribution in [0.25, 0.3) is 0 Å². The van der Waals surface area contributed by atoms with Gasteiger partial charge in [0, 0.05) is 18.8 Å². The van der Waals surface area contributed by atoms with E-state index in [0.29, 0.717) is 6.04 Å². The van der Waals surface area contributed by atoms with Crippen molar-refractivity contribution in [1.29, 1.82) is 0 Å². The Morgan fingerprint density at radius 3 is 2.61 bits per heavy atom. The summed E-state index contributed by atoms with van der Waals surface area (Å²) in [5.74, 6) is 0. The van der Waals surface area contributed by atoms with E-state index < -0.39 is 0 Å². The molecular formula is C15H29N3. The number of rotatable bonds is 9. The Balaban J connectivity index is 2.36. The van der Waals surface area contributed by atoms with Gasteiger partial charge in [-0.3, -0.25) is 4.68 Å². The summed E-state index contributed by atoms with van der Waals surface area (Å²) in [6, 6.07) is 2.95. The van der Waals surface area contributed by atoms with E-state index in [0.717, 1.165) is 19.4 Å². The molecule has 1 N–H and O–H groups in total. The van der Waals surface area contributed by atoms with E-state index in [1.807, 2.05) is 4.68 Å². The molecule has 0 bridgehead atoms. The smallest absolute Gasteiger partial charge is 0.0624 e. The lowest BCUT2D eigenvalue weighted by Crippen LogP contribution is -2.28. The van der Waals surface area contributed by atoms with Crippen LogP contribution >= 0.6 is 0 Å². The first-order chi connectivity index (χ1) is 8.71. The molecule has 0 aliphatic carbocycles. The van der Waals surface area contributed by atoms with Gasteiger partial charge in [0.15, 0.2) is 0 Å². The van der Waals surface area contributed by atoms with Gasteiger partial charge in [-0.2, -0.15) is 5.10 Å². The fourth-order valence-corrected chi connectivity index (χ4v) is 2.49. The molecule has 0 aliphatic heterocycles. The van der Waals surface area contributed by atoms with Crippen molar-refractivity contribution in [2.45, 2.75) is 65.3 Å². The van der Waals surface area contributed by atoms with Crippen molar-refractivity contribution in [3.63, 3.8) is 0 Å². The summed E-state index contributed by atoms with van der Waals surface area (Å²) >= 11 is 0. The van der Waals surface area contributed by atoms with Crippen LogP contribution in [0.2, 0.25) is 0 Å². The quantitative estimate of drug-likeness (QED) is 0.731. The van der Waals surface area contributed by atoms with Crippen molar-refractivity contribution < 1.29 is 0 Å². The summed E-state index contributed by atoms with van der Waals surface area (Å²) < 4.78 is 2.04. The third-order valence-corrected chi connectivity index (χ3v) is 3.51. The highest BCUT2D eigenvalue weighted by Crippen LogP contribution is 2.11. The zero-order chi connectivity index (χ0) is 13.4. The third kappa shape index (κ3) is 4.81. The van der Waals surface area contributed by atoms with Crippen molar-refractivity contribution >= 4 is 0 Å². The molecule has 0 aromatic carbocycles. The highest BCUT2D eigenvalue weighted by molar-refractivity contribution is 5.10. The van der Waals surface area contributed by atoms with Gasteiger partial charge in [-0.15, -0.1) is 0 Å². The lowest BCUT2D eigenvalue weighted by Gasteiger charge is -2.16. The monoisotopic (exact) mass is 251 g/mol. The first kappa shape index (κ1) is 15.2. The Kier molecular flexibility index (Phi) is 7.02. The normalized spacial score (nSPS) is 12.9. The van der Waals surface area contributed by atoms with Gasteiger partial charge in [-0.05, 0) is 44.7 Å². The number of hydrogen-bond acceptors (Lipinski definition) is 2. The van der Waals surface area contributed by atoms with Gasteiger partial charge < -0.3 is 5.32 Å². The maximum Gasteiger partial charge on any atom is 0.0624 e. The second kappa shape index (κ2) is 8.30. The summed E-state index contributed by atoms with van der Waals surface area (Å²) in [5, 5.41) is 8.08. The number of hydrogen-bond donors (Lipinski definition) is 1. The van der Waals surface area contributed by atoms with E-state index in [2.05, 4.69) is 44.3 Å². The lowest BCUT2D eigenvalue weighted by molar-refractivity contribution is 0.445. The highest BCUT2D eigenvalue weighted by atomic mass is 15.3. The average Bonchev–Trinajstić information content (AvgIpc) is 2.71. The van der Waals surface area contributed by atoms with E-state index >= 15 is 0 Å². The van der Waals surface area contributed by atoms with Gasteiger partial charge in [-0.25, -0.2) is 0 Å². The van der Waals surface area contributed by atoms with Crippen LogP contribution < -0.4 is 5.32 Å². The molecule has 0 saturated heterocycles. The summed E-state index contributed by atoms with van der Waals surface area (Å²) in [5.41, 5.74) is 2.59. The molecule has 0 aliphatic rings. The van der Waals surface area contributed by atoms with Crippen LogP contribution in [0.1, 0.15) is 57.8 Å². The molecule has 1 heterocycles. The molecule has 0 fully saturated rings. The predicted molar refractivity (Wildman–Crippen MR) is 77.9 cm³/mol. The van der Waals surface area contributed by atoms with Crippen LogP contribution in [0, 0.1) is 0 Å². The Bertz CT molecular complexity index is 324. The number of nitrogens with zero attached hydrogens (tertiary/aromatic N) is 2. The minimum atomic E-state index is 0.693. The minimum absolute atomic E-state index is 0.693. The molecule has 0 amide bonds. The van der Waals surface area contributed by atoms with E-state index in [1.165, 1.54) is 37.1 Å². The van der Waals surface area contributed by atoms with Gasteiger partial charge in [0.25, 0.3) is 0 Å². The van der Waals surface area contributed by atoms with Gasteiger partial charge in [-0.1, -0.05) is 27.2 Å². The Hall–Kier alpha value is -0.830. The van der Waals surface area contributed by atoms with E-state index in [1.54, 1.807) is 0 Å². The van der Waals surface area contributed by atoms with Crippen LogP contribution in [-0.4, -0.2) is 22.4 Å². The molecule has 1 atom stereocenters. The average molecular weight is 251 g/mol. The SMILES string of the molecule is CCCC(CCCc1cc(CC)nn1C)NCC. The summed E-state index contributed by atoms with van der Waals surface area (Å²) in [4.78, 5) is 0. The second-order valence-corrected chi connectivity index (χ2v) is 5.04. The number of nitrogens with one attached hydrogen (secondary N) is 1. The number of aromatic nitrogens is 2. The molecule has 1 aromatic heterocycles. The van der Waals surface area contributed by atoms with E-state index in [4.69, 9.17) is 0 Å². The van der Waals surface area contributed by atoms with E-state index in [-0.39, 0.29) is 0 Å². The Morgan fingerprint density at radius 2 is 2.06 bits per heavy atom. The zero-order valence-corrected chi connectivity index (χ0v) is 12.5. The third-order valence-electron chi connectivity index (χ3n) is 3.51. The number of aryl methyl sites for hydroxylation is 3. The molecule has 1 unspecified atom stereocenters. The van der Waals surface area contributed by atoms with Crippen molar-refractivity contribution in [3.05, 3.63) is 17.5 Å². The van der Waals surface area contributed by atoms with Crippen molar-refractivity contribution in [2.24, 2.45) is 7.05 Å². The van der Waals surface area contributed by atoms with Crippen molar-refractivity contribution in [3.8, 4) is 0 Å². The summed E-state index contributed by atoms with van der Waals surface area (Å²) in [7, 11) is 2.06. The van der Waals surface area contributed by atoms with Crippen molar-refractivity contribution in [2.75, 3.05) is 6.54 Å². The predicted octanol–water partition coefficient (Wildman–Crippen LogP) is 3.08. The molecule has 3 heteroatoms. The Labute approximate surface area is 112 Å². The Morgan fingerprint density at radius 1 is 1.28 bits per heavy atom. The molecule has 1 rings (SSSR count). The van der Waals surface area contributed by atoms with Crippen molar-refractivity contribution in [1.82, 2.24) is 15.1 Å². The van der Waals surface area contributed by atoms with Crippen LogP contribution in [0.15, 0.2) is 6.07 Å².